The third-order valence-corrected chi connectivity index (χ3v) is 5.85. The highest BCUT2D eigenvalue weighted by Gasteiger charge is 2.17. The van der Waals surface area contributed by atoms with Gasteiger partial charge in [-0.2, -0.15) is 0 Å². The number of aryl methyl sites for hydroxylation is 1. The summed E-state index contributed by atoms with van der Waals surface area (Å²) in [6.45, 7) is 3.58. The van der Waals surface area contributed by atoms with Crippen LogP contribution < -0.4 is 14.8 Å². The Morgan fingerprint density at radius 3 is 2.23 bits per heavy atom. The van der Waals surface area contributed by atoms with Crippen LogP contribution in [0.15, 0.2) is 77.7 Å². The molecular weight excluding hydrogens is 424 g/mol. The van der Waals surface area contributed by atoms with Gasteiger partial charge in [0.25, 0.3) is 15.9 Å². The maximum absolute atomic E-state index is 12.5. The third-order valence-electron chi connectivity index (χ3n) is 4.20. The van der Waals surface area contributed by atoms with Gasteiger partial charge >= 0.3 is 0 Å². The number of hydrogen-bond acceptors (Lipinski definition) is 4. The first-order valence-corrected chi connectivity index (χ1v) is 11.0. The predicted molar refractivity (Wildman–Crippen MR) is 119 cm³/mol. The standard InChI is InChI=1S/C22H21ClN2O4S/c1-15-4-3-5-20(14-15)29-16(2)22(26)24-18-10-12-21(13-11-18)30(27,28)25-19-8-6-17(23)7-9-19/h3-14,16,25H,1-2H3,(H,24,26)/t16-/m0/s1. The molecule has 0 unspecified atom stereocenters. The fourth-order valence-electron chi connectivity index (χ4n) is 2.64. The molecule has 1 atom stereocenters. The van der Waals surface area contributed by atoms with Gasteiger partial charge in [-0.1, -0.05) is 23.7 Å². The molecule has 0 aliphatic carbocycles. The molecule has 0 saturated heterocycles. The molecule has 3 aromatic carbocycles. The molecule has 0 spiro atoms. The lowest BCUT2D eigenvalue weighted by atomic mass is 10.2. The van der Waals surface area contributed by atoms with E-state index in [0.29, 0.717) is 22.1 Å². The zero-order valence-electron chi connectivity index (χ0n) is 16.4. The molecule has 0 aliphatic rings. The number of ether oxygens (including phenoxy) is 1. The van der Waals surface area contributed by atoms with Gasteiger partial charge < -0.3 is 10.1 Å². The average Bonchev–Trinajstić information content (AvgIpc) is 2.70. The number of nitrogens with one attached hydrogen (secondary N) is 2. The summed E-state index contributed by atoms with van der Waals surface area (Å²) in [4.78, 5) is 12.4. The van der Waals surface area contributed by atoms with E-state index in [1.165, 1.54) is 24.3 Å². The number of rotatable bonds is 7. The van der Waals surface area contributed by atoms with Gasteiger partial charge in [-0.25, -0.2) is 8.42 Å². The Kier molecular flexibility index (Phi) is 6.64. The van der Waals surface area contributed by atoms with Crippen molar-refractivity contribution in [3.63, 3.8) is 0 Å². The predicted octanol–water partition coefficient (Wildman–Crippen LogP) is 4.86. The van der Waals surface area contributed by atoms with Crippen molar-refractivity contribution in [3.05, 3.63) is 83.4 Å². The van der Waals surface area contributed by atoms with E-state index in [2.05, 4.69) is 10.0 Å². The van der Waals surface area contributed by atoms with Crippen molar-refractivity contribution in [1.29, 1.82) is 0 Å². The average molecular weight is 445 g/mol. The lowest BCUT2D eigenvalue weighted by Gasteiger charge is -2.15. The van der Waals surface area contributed by atoms with Crippen molar-refractivity contribution >= 4 is 38.9 Å². The quantitative estimate of drug-likeness (QED) is 0.545. The summed E-state index contributed by atoms with van der Waals surface area (Å²) in [6.07, 6.45) is -0.721. The fourth-order valence-corrected chi connectivity index (χ4v) is 3.82. The van der Waals surface area contributed by atoms with Crippen molar-refractivity contribution < 1.29 is 17.9 Å². The van der Waals surface area contributed by atoms with Crippen molar-refractivity contribution in [3.8, 4) is 5.75 Å². The second-order valence-corrected chi connectivity index (χ2v) is 8.82. The molecule has 30 heavy (non-hydrogen) atoms. The summed E-state index contributed by atoms with van der Waals surface area (Å²) in [5.41, 5.74) is 1.90. The zero-order chi connectivity index (χ0) is 21.7. The smallest absolute Gasteiger partial charge is 0.265 e. The van der Waals surface area contributed by atoms with Crippen LogP contribution in [0.3, 0.4) is 0 Å². The number of halogens is 1. The molecule has 0 bridgehead atoms. The Morgan fingerprint density at radius 1 is 0.967 bits per heavy atom. The van der Waals surface area contributed by atoms with E-state index in [-0.39, 0.29) is 10.8 Å². The largest absolute Gasteiger partial charge is 0.481 e. The highest BCUT2D eigenvalue weighted by Crippen LogP contribution is 2.20. The first-order valence-electron chi connectivity index (χ1n) is 9.15. The van der Waals surface area contributed by atoms with E-state index in [9.17, 15) is 13.2 Å². The molecule has 2 N–H and O–H groups in total. The van der Waals surface area contributed by atoms with Crippen LogP contribution in [-0.4, -0.2) is 20.4 Å². The van der Waals surface area contributed by atoms with Crippen LogP contribution >= 0.6 is 11.6 Å². The Balaban J connectivity index is 1.63. The summed E-state index contributed by atoms with van der Waals surface area (Å²) in [6, 6.07) is 19.6. The van der Waals surface area contributed by atoms with Gasteiger partial charge in [-0.05, 0) is 80.1 Å². The normalized spacial score (nSPS) is 12.1. The van der Waals surface area contributed by atoms with Crippen molar-refractivity contribution in [2.75, 3.05) is 10.0 Å². The van der Waals surface area contributed by atoms with E-state index >= 15 is 0 Å². The summed E-state index contributed by atoms with van der Waals surface area (Å²) >= 11 is 5.81. The molecule has 3 rings (SSSR count). The van der Waals surface area contributed by atoms with Gasteiger partial charge in [0.2, 0.25) is 0 Å². The molecule has 3 aromatic rings. The maximum atomic E-state index is 12.5. The van der Waals surface area contributed by atoms with Crippen molar-refractivity contribution in [2.45, 2.75) is 24.8 Å². The van der Waals surface area contributed by atoms with E-state index in [1.54, 1.807) is 37.3 Å². The van der Waals surface area contributed by atoms with Crippen LogP contribution in [0.5, 0.6) is 5.75 Å². The zero-order valence-corrected chi connectivity index (χ0v) is 18.0. The molecule has 156 valence electrons. The monoisotopic (exact) mass is 444 g/mol. The molecule has 0 aliphatic heterocycles. The van der Waals surface area contributed by atoms with E-state index in [4.69, 9.17) is 16.3 Å². The number of anilines is 2. The molecule has 0 saturated carbocycles. The van der Waals surface area contributed by atoms with Gasteiger partial charge in [0.1, 0.15) is 5.75 Å². The minimum absolute atomic E-state index is 0.0690. The van der Waals surface area contributed by atoms with Crippen LogP contribution in [-0.2, 0) is 14.8 Å². The highest BCUT2D eigenvalue weighted by atomic mass is 35.5. The molecule has 0 fully saturated rings. The number of sulfonamides is 1. The summed E-state index contributed by atoms with van der Waals surface area (Å²) < 4.78 is 33.1. The Morgan fingerprint density at radius 2 is 1.60 bits per heavy atom. The summed E-state index contributed by atoms with van der Waals surface area (Å²) in [5, 5.41) is 3.23. The number of carbonyl (C=O) groups excluding carboxylic acids is 1. The SMILES string of the molecule is Cc1cccc(O[C@@H](C)C(=O)Nc2ccc(S(=O)(=O)Nc3ccc(Cl)cc3)cc2)c1. The van der Waals surface area contributed by atoms with Crippen molar-refractivity contribution in [2.24, 2.45) is 0 Å². The number of benzene rings is 3. The maximum Gasteiger partial charge on any atom is 0.265 e. The van der Waals surface area contributed by atoms with E-state index in [1.807, 2.05) is 25.1 Å². The van der Waals surface area contributed by atoms with Gasteiger partial charge in [0.05, 0.1) is 4.90 Å². The first-order chi connectivity index (χ1) is 14.2. The minimum atomic E-state index is -3.76. The Hall–Kier alpha value is -3.03. The highest BCUT2D eigenvalue weighted by molar-refractivity contribution is 7.92. The second-order valence-electron chi connectivity index (χ2n) is 6.70. The topological polar surface area (TPSA) is 84.5 Å². The second kappa shape index (κ2) is 9.19. The molecular formula is C22H21ClN2O4S. The van der Waals surface area contributed by atoms with Gasteiger partial charge in [-0.3, -0.25) is 9.52 Å². The van der Waals surface area contributed by atoms with Gasteiger partial charge in [-0.15, -0.1) is 0 Å². The fraction of sp³-hybridized carbons (Fsp3) is 0.136. The third kappa shape index (κ3) is 5.75. The number of carbonyl (C=O) groups is 1. The number of hydrogen-bond donors (Lipinski definition) is 2. The Labute approximate surface area is 180 Å². The minimum Gasteiger partial charge on any atom is -0.481 e. The van der Waals surface area contributed by atoms with E-state index < -0.39 is 16.1 Å². The van der Waals surface area contributed by atoms with Gasteiger partial charge in [0.15, 0.2) is 6.10 Å². The lowest BCUT2D eigenvalue weighted by Crippen LogP contribution is -2.30. The summed E-state index contributed by atoms with van der Waals surface area (Å²) in [7, 11) is -3.76. The summed E-state index contributed by atoms with van der Waals surface area (Å²) in [5.74, 6) is 0.263. The molecule has 0 aromatic heterocycles. The Bertz CT molecular complexity index is 1130. The van der Waals surface area contributed by atoms with Crippen LogP contribution in [0.4, 0.5) is 11.4 Å². The van der Waals surface area contributed by atoms with Crippen LogP contribution in [0.1, 0.15) is 12.5 Å². The van der Waals surface area contributed by atoms with Crippen LogP contribution in [0.25, 0.3) is 0 Å². The first kappa shape index (κ1) is 21.7. The molecule has 8 heteroatoms. The molecule has 0 radical (unpaired) electrons. The number of amides is 1. The van der Waals surface area contributed by atoms with Crippen LogP contribution in [0, 0.1) is 6.92 Å². The van der Waals surface area contributed by atoms with Gasteiger partial charge in [0, 0.05) is 16.4 Å². The van der Waals surface area contributed by atoms with E-state index in [0.717, 1.165) is 5.56 Å². The van der Waals surface area contributed by atoms with Crippen molar-refractivity contribution in [1.82, 2.24) is 0 Å². The molecule has 1 amide bonds. The molecule has 6 nitrogen and oxygen atoms in total. The lowest BCUT2D eigenvalue weighted by molar-refractivity contribution is -0.122. The molecule has 0 heterocycles. The van der Waals surface area contributed by atoms with Crippen LogP contribution in [0.2, 0.25) is 5.02 Å².